The molecule has 0 spiro atoms. The molecule has 0 radical (unpaired) electrons. The van der Waals surface area contributed by atoms with Crippen LogP contribution in [0.4, 0.5) is 0 Å². The highest BCUT2D eigenvalue weighted by molar-refractivity contribution is 6.04. The Labute approximate surface area is 109 Å². The van der Waals surface area contributed by atoms with Crippen LogP contribution in [0.1, 0.15) is 16.9 Å². The Morgan fingerprint density at radius 2 is 2.11 bits per heavy atom. The Morgan fingerprint density at radius 3 is 3.00 bits per heavy atom. The van der Waals surface area contributed by atoms with Crippen LogP contribution in [0, 0.1) is 0 Å². The maximum absolute atomic E-state index is 12.4. The van der Waals surface area contributed by atoms with Gasteiger partial charge in [-0.05, 0) is 6.07 Å². The van der Waals surface area contributed by atoms with Crippen LogP contribution in [0.2, 0.25) is 0 Å². The molecule has 0 aliphatic carbocycles. The lowest BCUT2D eigenvalue weighted by Crippen LogP contribution is -2.34. The zero-order chi connectivity index (χ0) is 13.2. The van der Waals surface area contributed by atoms with Crippen LogP contribution in [-0.4, -0.2) is 46.5 Å². The maximum atomic E-state index is 12.4. The highest BCUT2D eigenvalue weighted by Gasteiger charge is 2.23. The lowest BCUT2D eigenvalue weighted by atomic mass is 10.2. The summed E-state index contributed by atoms with van der Waals surface area (Å²) in [6.45, 7) is 1.45. The van der Waals surface area contributed by atoms with E-state index < -0.39 is 0 Å². The number of H-pyrrole nitrogens is 1. The first-order valence-corrected chi connectivity index (χ1v) is 6.25. The van der Waals surface area contributed by atoms with Gasteiger partial charge in [-0.15, -0.1) is 0 Å². The number of aromatic nitrogens is 2. The van der Waals surface area contributed by atoms with Crippen LogP contribution in [0.25, 0.3) is 10.9 Å². The minimum atomic E-state index is -0.131. The number of fused-ring (bicyclic) bond motifs is 1. The number of benzene rings is 1. The molecule has 98 valence electrons. The van der Waals surface area contributed by atoms with E-state index in [0.29, 0.717) is 31.7 Å². The van der Waals surface area contributed by atoms with Crippen molar-refractivity contribution >= 4 is 22.7 Å². The second-order valence-electron chi connectivity index (χ2n) is 4.51. The van der Waals surface area contributed by atoms with Gasteiger partial charge in [-0.25, -0.2) is 0 Å². The van der Waals surface area contributed by atoms with Crippen LogP contribution in [-0.2, 0) is 4.79 Å². The van der Waals surface area contributed by atoms with Crippen molar-refractivity contribution in [2.24, 2.45) is 0 Å². The van der Waals surface area contributed by atoms with Crippen LogP contribution < -0.4 is 5.32 Å². The van der Waals surface area contributed by atoms with Crippen LogP contribution in [0.15, 0.2) is 24.3 Å². The molecule has 2 amide bonds. The van der Waals surface area contributed by atoms with Gasteiger partial charge in [-0.2, -0.15) is 5.10 Å². The fraction of sp³-hybridized carbons (Fsp3) is 0.308. The fourth-order valence-corrected chi connectivity index (χ4v) is 2.25. The molecule has 0 bridgehead atoms. The highest BCUT2D eigenvalue weighted by Crippen LogP contribution is 2.17. The van der Waals surface area contributed by atoms with E-state index in [0.717, 1.165) is 10.9 Å². The topological polar surface area (TPSA) is 78.1 Å². The summed E-state index contributed by atoms with van der Waals surface area (Å²) in [7, 11) is 0. The molecule has 1 aromatic heterocycles. The lowest BCUT2D eigenvalue weighted by molar-refractivity contribution is -0.120. The summed E-state index contributed by atoms with van der Waals surface area (Å²) in [6.07, 6.45) is 0.341. The molecule has 1 saturated heterocycles. The third-order valence-electron chi connectivity index (χ3n) is 3.27. The van der Waals surface area contributed by atoms with Gasteiger partial charge in [0.15, 0.2) is 5.69 Å². The monoisotopic (exact) mass is 258 g/mol. The number of nitrogens with zero attached hydrogens (tertiary/aromatic N) is 2. The van der Waals surface area contributed by atoms with Gasteiger partial charge in [-0.3, -0.25) is 14.7 Å². The number of para-hydroxylation sites is 1. The third-order valence-corrected chi connectivity index (χ3v) is 3.27. The van der Waals surface area contributed by atoms with Gasteiger partial charge >= 0.3 is 0 Å². The van der Waals surface area contributed by atoms with E-state index in [4.69, 9.17) is 0 Å². The number of carbonyl (C=O) groups is 2. The number of hydrogen-bond acceptors (Lipinski definition) is 3. The van der Waals surface area contributed by atoms with Crippen molar-refractivity contribution in [1.29, 1.82) is 0 Å². The molecule has 6 nitrogen and oxygen atoms in total. The molecule has 0 atom stereocenters. The Hall–Kier alpha value is -2.37. The average molecular weight is 258 g/mol. The number of carbonyl (C=O) groups excluding carboxylic acids is 2. The fourth-order valence-electron chi connectivity index (χ4n) is 2.25. The van der Waals surface area contributed by atoms with Gasteiger partial charge in [0.25, 0.3) is 5.91 Å². The maximum Gasteiger partial charge on any atom is 0.275 e. The van der Waals surface area contributed by atoms with E-state index in [1.165, 1.54) is 0 Å². The molecule has 1 fully saturated rings. The van der Waals surface area contributed by atoms with Crippen molar-refractivity contribution in [1.82, 2.24) is 20.4 Å². The Balaban J connectivity index is 1.89. The molecule has 0 saturated carbocycles. The Bertz CT molecular complexity index is 634. The molecule has 0 unspecified atom stereocenters. The van der Waals surface area contributed by atoms with E-state index in [-0.39, 0.29) is 11.8 Å². The van der Waals surface area contributed by atoms with Crippen molar-refractivity contribution < 1.29 is 9.59 Å². The van der Waals surface area contributed by atoms with E-state index in [1.807, 2.05) is 24.3 Å². The van der Waals surface area contributed by atoms with E-state index >= 15 is 0 Å². The van der Waals surface area contributed by atoms with Crippen molar-refractivity contribution in [3.05, 3.63) is 30.0 Å². The Kier molecular flexibility index (Phi) is 2.91. The van der Waals surface area contributed by atoms with E-state index in [1.54, 1.807) is 4.90 Å². The number of rotatable bonds is 1. The number of nitrogens with one attached hydrogen (secondary N) is 2. The minimum absolute atomic E-state index is 0.0119. The number of hydrogen-bond donors (Lipinski definition) is 2. The van der Waals surface area contributed by atoms with Crippen LogP contribution in [0.3, 0.4) is 0 Å². The van der Waals surface area contributed by atoms with Crippen LogP contribution in [0.5, 0.6) is 0 Å². The molecule has 1 aliphatic heterocycles. The second-order valence-corrected chi connectivity index (χ2v) is 4.51. The van der Waals surface area contributed by atoms with Crippen molar-refractivity contribution in [3.63, 3.8) is 0 Å². The molecule has 6 heteroatoms. The van der Waals surface area contributed by atoms with Crippen molar-refractivity contribution in [2.75, 3.05) is 19.6 Å². The molecule has 3 rings (SSSR count). The first-order valence-electron chi connectivity index (χ1n) is 6.25. The molecular formula is C13H14N4O2. The van der Waals surface area contributed by atoms with Gasteiger partial charge in [0, 0.05) is 31.4 Å². The highest BCUT2D eigenvalue weighted by atomic mass is 16.2. The van der Waals surface area contributed by atoms with E-state index in [2.05, 4.69) is 15.5 Å². The first-order chi connectivity index (χ1) is 9.25. The van der Waals surface area contributed by atoms with Crippen LogP contribution >= 0.6 is 0 Å². The quantitative estimate of drug-likeness (QED) is 0.783. The summed E-state index contributed by atoms with van der Waals surface area (Å²) in [5.41, 5.74) is 1.26. The second kappa shape index (κ2) is 4.72. The number of aromatic amines is 1. The largest absolute Gasteiger partial charge is 0.354 e. The predicted octanol–water partition coefficient (Wildman–Crippen LogP) is 0.525. The SMILES string of the molecule is O=C1CCN(C(=O)c2n[nH]c3ccccc23)CCN1. The molecule has 1 aliphatic rings. The van der Waals surface area contributed by atoms with Gasteiger partial charge in [0.2, 0.25) is 5.91 Å². The van der Waals surface area contributed by atoms with Crippen molar-refractivity contribution in [3.8, 4) is 0 Å². The zero-order valence-corrected chi connectivity index (χ0v) is 10.3. The Morgan fingerprint density at radius 1 is 1.26 bits per heavy atom. The molecule has 2 aromatic rings. The minimum Gasteiger partial charge on any atom is -0.354 e. The van der Waals surface area contributed by atoms with Crippen molar-refractivity contribution in [2.45, 2.75) is 6.42 Å². The summed E-state index contributed by atoms with van der Waals surface area (Å²) in [5, 5.41) is 10.5. The predicted molar refractivity (Wildman–Crippen MR) is 69.6 cm³/mol. The summed E-state index contributed by atoms with van der Waals surface area (Å²) < 4.78 is 0. The molecule has 2 heterocycles. The molecule has 1 aromatic carbocycles. The summed E-state index contributed by atoms with van der Waals surface area (Å²) in [5.74, 6) is -0.142. The average Bonchev–Trinajstić information content (AvgIpc) is 2.74. The number of amides is 2. The summed E-state index contributed by atoms with van der Waals surface area (Å²) >= 11 is 0. The van der Waals surface area contributed by atoms with Gasteiger partial charge in [0.1, 0.15) is 0 Å². The van der Waals surface area contributed by atoms with Gasteiger partial charge < -0.3 is 10.2 Å². The summed E-state index contributed by atoms with van der Waals surface area (Å²) in [4.78, 5) is 25.4. The standard InChI is InChI=1S/C13H14N4O2/c18-11-5-7-17(8-6-14-11)13(19)12-9-3-1-2-4-10(9)15-16-12/h1-4H,5-8H2,(H,14,18)(H,15,16). The molecule has 2 N–H and O–H groups in total. The van der Waals surface area contributed by atoms with Gasteiger partial charge in [-0.1, -0.05) is 18.2 Å². The zero-order valence-electron chi connectivity index (χ0n) is 10.3. The third kappa shape index (κ3) is 2.16. The van der Waals surface area contributed by atoms with Gasteiger partial charge in [0.05, 0.1) is 5.52 Å². The lowest BCUT2D eigenvalue weighted by Gasteiger charge is -2.18. The molecule has 19 heavy (non-hydrogen) atoms. The molecular weight excluding hydrogens is 244 g/mol. The normalized spacial score (nSPS) is 16.2. The smallest absolute Gasteiger partial charge is 0.275 e. The first kappa shape index (κ1) is 11.7. The summed E-state index contributed by atoms with van der Waals surface area (Å²) in [6, 6.07) is 7.52. The van der Waals surface area contributed by atoms with E-state index in [9.17, 15) is 9.59 Å².